The summed E-state index contributed by atoms with van der Waals surface area (Å²) >= 11 is 0. The molecule has 0 fully saturated rings. The molecule has 0 aliphatic rings. The Kier molecular flexibility index (Phi) is 1.86. The molecule has 3 rings (SSSR count). The van der Waals surface area contributed by atoms with Crippen molar-refractivity contribution in [3.05, 3.63) is 36.5 Å². The third kappa shape index (κ3) is 1.31. The molecule has 3 aromatic heterocycles. The van der Waals surface area contributed by atoms with Gasteiger partial charge in [0.05, 0.1) is 23.6 Å². The number of rotatable bonds is 1. The van der Waals surface area contributed by atoms with Crippen molar-refractivity contribution in [1.82, 2.24) is 29.9 Å². The van der Waals surface area contributed by atoms with E-state index < -0.39 is 0 Å². The Morgan fingerprint density at radius 1 is 1.12 bits per heavy atom. The van der Waals surface area contributed by atoms with Crippen LogP contribution >= 0.6 is 0 Å². The lowest BCUT2D eigenvalue weighted by atomic mass is 10.4. The van der Waals surface area contributed by atoms with Gasteiger partial charge >= 0.3 is 0 Å². The summed E-state index contributed by atoms with van der Waals surface area (Å²) in [4.78, 5) is 12.4. The molecular formula is C10H8N6. The standard InChI is InChI=1S/C10H8N6/c1-7-4-12-6-10(13-7)16-9-2-3-11-5-8(9)14-15-16/h2-6H,1H3. The average Bonchev–Trinajstić information content (AvgIpc) is 2.72. The van der Waals surface area contributed by atoms with Crippen LogP contribution < -0.4 is 0 Å². The first-order chi connectivity index (χ1) is 7.84. The Labute approximate surface area is 91.0 Å². The van der Waals surface area contributed by atoms with Crippen molar-refractivity contribution in [2.24, 2.45) is 0 Å². The average molecular weight is 212 g/mol. The predicted molar refractivity (Wildman–Crippen MR) is 57.0 cm³/mol. The van der Waals surface area contributed by atoms with E-state index >= 15 is 0 Å². The van der Waals surface area contributed by atoms with Crippen LogP contribution in [0.4, 0.5) is 0 Å². The van der Waals surface area contributed by atoms with E-state index in [4.69, 9.17) is 0 Å². The molecule has 16 heavy (non-hydrogen) atoms. The highest BCUT2D eigenvalue weighted by Gasteiger charge is 2.07. The van der Waals surface area contributed by atoms with Gasteiger partial charge < -0.3 is 0 Å². The Morgan fingerprint density at radius 2 is 2.06 bits per heavy atom. The molecule has 0 spiro atoms. The molecule has 0 aliphatic heterocycles. The van der Waals surface area contributed by atoms with Crippen molar-refractivity contribution < 1.29 is 0 Å². The van der Waals surface area contributed by atoms with E-state index in [1.54, 1.807) is 29.5 Å². The number of aryl methyl sites for hydroxylation is 1. The maximum Gasteiger partial charge on any atom is 0.174 e. The lowest BCUT2D eigenvalue weighted by Crippen LogP contribution is -2.01. The van der Waals surface area contributed by atoms with Gasteiger partial charge in [-0.05, 0) is 13.0 Å². The number of aromatic nitrogens is 6. The second kappa shape index (κ2) is 3.34. The highest BCUT2D eigenvalue weighted by molar-refractivity contribution is 5.74. The molecule has 0 aromatic carbocycles. The topological polar surface area (TPSA) is 69.4 Å². The van der Waals surface area contributed by atoms with Crippen LogP contribution in [0.5, 0.6) is 0 Å². The molecule has 0 aliphatic carbocycles. The first kappa shape index (κ1) is 8.90. The molecule has 0 radical (unpaired) electrons. The quantitative estimate of drug-likeness (QED) is 0.599. The molecular weight excluding hydrogens is 204 g/mol. The van der Waals surface area contributed by atoms with E-state index in [-0.39, 0.29) is 0 Å². The summed E-state index contributed by atoms with van der Waals surface area (Å²) in [5.41, 5.74) is 2.45. The summed E-state index contributed by atoms with van der Waals surface area (Å²) in [6.07, 6.45) is 6.72. The SMILES string of the molecule is Cc1cncc(-n2nnc3cnccc32)n1. The Hall–Kier alpha value is -2.37. The molecule has 0 saturated carbocycles. The smallest absolute Gasteiger partial charge is 0.174 e. The molecule has 6 nitrogen and oxygen atoms in total. The second-order valence-electron chi connectivity index (χ2n) is 3.38. The van der Waals surface area contributed by atoms with Crippen LogP contribution in [0.15, 0.2) is 30.9 Å². The summed E-state index contributed by atoms with van der Waals surface area (Å²) in [5, 5.41) is 8.04. The zero-order valence-electron chi connectivity index (χ0n) is 8.57. The van der Waals surface area contributed by atoms with Crippen LogP contribution in [0, 0.1) is 6.92 Å². The van der Waals surface area contributed by atoms with E-state index in [0.717, 1.165) is 16.7 Å². The third-order valence-corrected chi connectivity index (χ3v) is 2.21. The van der Waals surface area contributed by atoms with Crippen LogP contribution in [0.25, 0.3) is 16.9 Å². The molecule has 3 aromatic rings. The Morgan fingerprint density at radius 3 is 2.94 bits per heavy atom. The van der Waals surface area contributed by atoms with Crippen molar-refractivity contribution in [3.63, 3.8) is 0 Å². The van der Waals surface area contributed by atoms with Gasteiger partial charge in [-0.3, -0.25) is 9.97 Å². The summed E-state index contributed by atoms with van der Waals surface area (Å²) in [5.74, 6) is 0.661. The van der Waals surface area contributed by atoms with Gasteiger partial charge in [0.15, 0.2) is 5.82 Å². The van der Waals surface area contributed by atoms with Crippen molar-refractivity contribution in [2.45, 2.75) is 6.92 Å². The van der Waals surface area contributed by atoms with Crippen molar-refractivity contribution in [1.29, 1.82) is 0 Å². The maximum atomic E-state index is 4.34. The minimum Gasteiger partial charge on any atom is -0.262 e. The van der Waals surface area contributed by atoms with E-state index in [1.807, 2.05) is 13.0 Å². The molecule has 0 N–H and O–H groups in total. The molecule has 0 atom stereocenters. The molecule has 0 amide bonds. The van der Waals surface area contributed by atoms with Crippen molar-refractivity contribution in [2.75, 3.05) is 0 Å². The van der Waals surface area contributed by atoms with Gasteiger partial charge in [0.2, 0.25) is 0 Å². The zero-order valence-corrected chi connectivity index (χ0v) is 8.57. The zero-order chi connectivity index (χ0) is 11.0. The first-order valence-corrected chi connectivity index (χ1v) is 4.79. The summed E-state index contributed by atoms with van der Waals surface area (Å²) < 4.78 is 1.65. The maximum absolute atomic E-state index is 4.34. The van der Waals surface area contributed by atoms with Gasteiger partial charge in [-0.1, -0.05) is 5.21 Å². The fraction of sp³-hybridized carbons (Fsp3) is 0.100. The van der Waals surface area contributed by atoms with Crippen molar-refractivity contribution in [3.8, 4) is 5.82 Å². The third-order valence-electron chi connectivity index (χ3n) is 2.21. The monoisotopic (exact) mass is 212 g/mol. The van der Waals surface area contributed by atoms with Crippen LogP contribution in [0.1, 0.15) is 5.69 Å². The molecule has 0 saturated heterocycles. The van der Waals surface area contributed by atoms with Crippen LogP contribution in [0.2, 0.25) is 0 Å². The minimum atomic E-state index is 0.661. The number of fused-ring (bicyclic) bond motifs is 1. The van der Waals surface area contributed by atoms with Gasteiger partial charge in [-0.15, -0.1) is 5.10 Å². The highest BCUT2D eigenvalue weighted by atomic mass is 15.4. The number of hydrogen-bond acceptors (Lipinski definition) is 5. The second-order valence-corrected chi connectivity index (χ2v) is 3.38. The highest BCUT2D eigenvalue weighted by Crippen LogP contribution is 2.12. The van der Waals surface area contributed by atoms with Gasteiger partial charge in [0, 0.05) is 12.4 Å². The Bertz CT molecular complexity index is 644. The molecule has 3 heterocycles. The van der Waals surface area contributed by atoms with E-state index in [1.165, 1.54) is 0 Å². The van der Waals surface area contributed by atoms with E-state index in [2.05, 4.69) is 25.3 Å². The van der Waals surface area contributed by atoms with E-state index in [9.17, 15) is 0 Å². The summed E-state index contributed by atoms with van der Waals surface area (Å²) in [7, 11) is 0. The Balaban J connectivity index is 2.26. The fourth-order valence-corrected chi connectivity index (χ4v) is 1.50. The molecule has 78 valence electrons. The van der Waals surface area contributed by atoms with Crippen LogP contribution in [-0.2, 0) is 0 Å². The fourth-order valence-electron chi connectivity index (χ4n) is 1.50. The van der Waals surface area contributed by atoms with Gasteiger partial charge in [0.1, 0.15) is 5.52 Å². The number of hydrogen-bond donors (Lipinski definition) is 0. The normalized spacial score (nSPS) is 10.8. The van der Waals surface area contributed by atoms with Crippen LogP contribution in [-0.4, -0.2) is 29.9 Å². The largest absolute Gasteiger partial charge is 0.262 e. The van der Waals surface area contributed by atoms with Crippen molar-refractivity contribution >= 4 is 11.0 Å². The molecule has 0 unspecified atom stereocenters. The first-order valence-electron chi connectivity index (χ1n) is 4.79. The summed E-state index contributed by atoms with van der Waals surface area (Å²) in [6.45, 7) is 1.89. The minimum absolute atomic E-state index is 0.661. The predicted octanol–water partition coefficient (Wildman–Crippen LogP) is 0.914. The van der Waals surface area contributed by atoms with Gasteiger partial charge in [-0.2, -0.15) is 4.68 Å². The summed E-state index contributed by atoms with van der Waals surface area (Å²) in [6, 6.07) is 1.85. The molecule has 0 bridgehead atoms. The lowest BCUT2D eigenvalue weighted by Gasteiger charge is -2.00. The van der Waals surface area contributed by atoms with Crippen LogP contribution in [0.3, 0.4) is 0 Å². The number of pyridine rings is 1. The lowest BCUT2D eigenvalue weighted by molar-refractivity contribution is 0.791. The van der Waals surface area contributed by atoms with Gasteiger partial charge in [-0.25, -0.2) is 4.98 Å². The number of nitrogens with zero attached hydrogens (tertiary/aromatic N) is 6. The van der Waals surface area contributed by atoms with Gasteiger partial charge in [0.25, 0.3) is 0 Å². The molecule has 6 heteroatoms. The van der Waals surface area contributed by atoms with E-state index in [0.29, 0.717) is 5.82 Å².